The van der Waals surface area contributed by atoms with Crippen molar-refractivity contribution in [1.82, 2.24) is 4.57 Å². The van der Waals surface area contributed by atoms with Crippen LogP contribution < -0.4 is 4.90 Å². The summed E-state index contributed by atoms with van der Waals surface area (Å²) in [6.45, 7) is 11.8. The normalized spacial score (nSPS) is 18.2. The van der Waals surface area contributed by atoms with E-state index in [2.05, 4.69) is 220 Å². The molecule has 0 radical (unpaired) electrons. The largest absolute Gasteiger partial charge is 0.311 e. The van der Waals surface area contributed by atoms with Crippen LogP contribution in [0.3, 0.4) is 0 Å². The highest BCUT2D eigenvalue weighted by molar-refractivity contribution is 6.12. The minimum atomic E-state index is -0.0835. The molecule has 0 saturated heterocycles. The summed E-state index contributed by atoms with van der Waals surface area (Å²) in [5, 5.41) is 2.61. The molecule has 2 aliphatic carbocycles. The van der Waals surface area contributed by atoms with E-state index in [9.17, 15) is 0 Å². The van der Waals surface area contributed by atoms with E-state index in [1.807, 2.05) is 0 Å². The molecule has 1 aromatic heterocycles. The van der Waals surface area contributed by atoms with Gasteiger partial charge in [0.2, 0.25) is 0 Å². The van der Waals surface area contributed by atoms with Crippen LogP contribution in [-0.4, -0.2) is 4.57 Å². The lowest BCUT2D eigenvalue weighted by molar-refractivity contribution is 0.628. The van der Waals surface area contributed by atoms with Gasteiger partial charge >= 0.3 is 0 Å². The van der Waals surface area contributed by atoms with Crippen LogP contribution in [0.1, 0.15) is 68.4 Å². The summed E-state index contributed by atoms with van der Waals surface area (Å²) in [6.07, 6.45) is 7.20. The third-order valence-electron chi connectivity index (χ3n) is 13.5. The number of hydrogen-bond acceptors (Lipinski definition) is 1. The molecule has 7 aromatic carbocycles. The molecule has 2 atom stereocenters. The van der Waals surface area contributed by atoms with E-state index in [1.165, 1.54) is 88.9 Å². The minimum absolute atomic E-state index is 0.0766. The highest BCUT2D eigenvalue weighted by Crippen LogP contribution is 2.51. The van der Waals surface area contributed by atoms with Gasteiger partial charge in [0.15, 0.2) is 0 Å². The van der Waals surface area contributed by atoms with Crippen LogP contribution in [0.4, 0.5) is 11.4 Å². The summed E-state index contributed by atoms with van der Waals surface area (Å²) >= 11 is 0. The van der Waals surface area contributed by atoms with E-state index in [0.29, 0.717) is 11.8 Å². The molecule has 2 unspecified atom stereocenters. The third kappa shape index (κ3) is 4.96. The van der Waals surface area contributed by atoms with Crippen molar-refractivity contribution >= 4 is 33.2 Å². The van der Waals surface area contributed by atoms with Crippen molar-refractivity contribution < 1.29 is 0 Å². The van der Waals surface area contributed by atoms with E-state index in [-0.39, 0.29) is 10.8 Å². The van der Waals surface area contributed by atoms with Crippen LogP contribution in [-0.2, 0) is 10.8 Å². The number of aromatic nitrogens is 1. The molecule has 0 bridgehead atoms. The monoisotopic (exact) mass is 734 g/mol. The Labute approximate surface area is 336 Å². The Bertz CT molecular complexity index is 2970. The molecule has 11 rings (SSSR count). The van der Waals surface area contributed by atoms with Gasteiger partial charge in [0.25, 0.3) is 0 Å². The molecular formula is C55H46N2. The van der Waals surface area contributed by atoms with Gasteiger partial charge in [-0.25, -0.2) is 0 Å². The Balaban J connectivity index is 1.01. The first-order valence-corrected chi connectivity index (χ1v) is 20.5. The molecule has 2 nitrogen and oxygen atoms in total. The second kappa shape index (κ2) is 12.3. The zero-order valence-corrected chi connectivity index (χ0v) is 33.3. The average molecular weight is 735 g/mol. The molecular weight excluding hydrogens is 689 g/mol. The highest BCUT2D eigenvalue weighted by Gasteiger charge is 2.37. The molecule has 0 amide bonds. The van der Waals surface area contributed by atoms with Gasteiger partial charge in [-0.1, -0.05) is 162 Å². The lowest BCUT2D eigenvalue weighted by atomic mass is 9.75. The van der Waals surface area contributed by atoms with Gasteiger partial charge < -0.3 is 9.47 Å². The number of benzene rings is 7. The minimum Gasteiger partial charge on any atom is -0.311 e. The van der Waals surface area contributed by atoms with Gasteiger partial charge in [0.05, 0.1) is 16.7 Å². The van der Waals surface area contributed by atoms with E-state index >= 15 is 0 Å². The average Bonchev–Trinajstić information content (AvgIpc) is 3.69. The van der Waals surface area contributed by atoms with Crippen LogP contribution in [0.2, 0.25) is 0 Å². The number of anilines is 2. The smallest absolute Gasteiger partial charge is 0.0582 e. The Kier molecular flexibility index (Phi) is 7.32. The molecule has 0 fully saturated rings. The SMILES string of the molecule is CC1C=C(N(c2ccc(-c3ccc4c(c3)c3cccc5c3n4-c3ccccc3C5(C)C)cc2)c2ccc3c(c2)C(C)(C)c2ccccc2-3)C=CC1c1ccccc1. The molecule has 57 heavy (non-hydrogen) atoms. The second-order valence-electron chi connectivity index (χ2n) is 17.4. The van der Waals surface area contributed by atoms with Crippen LogP contribution >= 0.6 is 0 Å². The first kappa shape index (κ1) is 33.9. The van der Waals surface area contributed by atoms with Crippen LogP contribution in [0.15, 0.2) is 182 Å². The van der Waals surface area contributed by atoms with Crippen molar-refractivity contribution in [3.63, 3.8) is 0 Å². The predicted molar refractivity (Wildman–Crippen MR) is 240 cm³/mol. The summed E-state index contributed by atoms with van der Waals surface area (Å²) in [6, 6.07) is 59.0. The summed E-state index contributed by atoms with van der Waals surface area (Å²) in [5.74, 6) is 0.681. The van der Waals surface area contributed by atoms with Crippen molar-refractivity contribution in [3.05, 3.63) is 209 Å². The quantitative estimate of drug-likeness (QED) is 0.171. The van der Waals surface area contributed by atoms with E-state index in [0.717, 1.165) is 5.69 Å². The van der Waals surface area contributed by atoms with E-state index in [4.69, 9.17) is 0 Å². The van der Waals surface area contributed by atoms with Crippen LogP contribution in [0.5, 0.6) is 0 Å². The van der Waals surface area contributed by atoms with Gasteiger partial charge in [-0.05, 0) is 105 Å². The predicted octanol–water partition coefficient (Wildman–Crippen LogP) is 14.4. The molecule has 0 saturated carbocycles. The maximum atomic E-state index is 2.50. The molecule has 0 N–H and O–H groups in total. The molecule has 8 aromatic rings. The van der Waals surface area contributed by atoms with Crippen LogP contribution in [0, 0.1) is 5.92 Å². The first-order chi connectivity index (χ1) is 27.7. The zero-order valence-electron chi connectivity index (χ0n) is 33.3. The third-order valence-corrected chi connectivity index (χ3v) is 13.5. The maximum Gasteiger partial charge on any atom is 0.0582 e. The fourth-order valence-electron chi connectivity index (χ4n) is 10.5. The number of allylic oxidation sites excluding steroid dienone is 3. The van der Waals surface area contributed by atoms with Crippen molar-refractivity contribution in [1.29, 1.82) is 0 Å². The Morgan fingerprint density at radius 3 is 2.00 bits per heavy atom. The number of hydrogen-bond donors (Lipinski definition) is 0. The zero-order chi connectivity index (χ0) is 38.6. The fourth-order valence-corrected chi connectivity index (χ4v) is 10.5. The molecule has 0 spiro atoms. The topological polar surface area (TPSA) is 8.17 Å². The summed E-state index contributed by atoms with van der Waals surface area (Å²) in [4.78, 5) is 2.46. The molecule has 1 aliphatic heterocycles. The Hall–Kier alpha value is -6.38. The van der Waals surface area contributed by atoms with Gasteiger partial charge in [-0.3, -0.25) is 0 Å². The number of para-hydroxylation sites is 2. The van der Waals surface area contributed by atoms with Gasteiger partial charge in [-0.15, -0.1) is 0 Å². The molecule has 2 heteroatoms. The van der Waals surface area contributed by atoms with Crippen molar-refractivity contribution in [2.24, 2.45) is 5.92 Å². The lowest BCUT2D eigenvalue weighted by Gasteiger charge is -2.34. The lowest BCUT2D eigenvalue weighted by Crippen LogP contribution is -2.26. The fraction of sp³-hybridized carbons (Fsp3) is 0.164. The highest BCUT2D eigenvalue weighted by atomic mass is 15.1. The summed E-state index contributed by atoms with van der Waals surface area (Å²) < 4.78 is 2.50. The van der Waals surface area contributed by atoms with Crippen LogP contribution in [0.25, 0.3) is 49.7 Å². The number of nitrogens with zero attached hydrogens (tertiary/aromatic N) is 2. The summed E-state index contributed by atoms with van der Waals surface area (Å²) in [5.41, 5.74) is 19.3. The van der Waals surface area contributed by atoms with E-state index < -0.39 is 0 Å². The second-order valence-corrected chi connectivity index (χ2v) is 17.4. The Morgan fingerprint density at radius 1 is 0.526 bits per heavy atom. The van der Waals surface area contributed by atoms with Gasteiger partial charge in [-0.2, -0.15) is 0 Å². The van der Waals surface area contributed by atoms with Crippen molar-refractivity contribution in [2.45, 2.75) is 51.4 Å². The summed E-state index contributed by atoms with van der Waals surface area (Å²) in [7, 11) is 0. The first-order valence-electron chi connectivity index (χ1n) is 20.5. The molecule has 2 heterocycles. The van der Waals surface area contributed by atoms with Crippen molar-refractivity contribution in [3.8, 4) is 27.9 Å². The van der Waals surface area contributed by atoms with Gasteiger partial charge in [0.1, 0.15) is 0 Å². The van der Waals surface area contributed by atoms with Gasteiger partial charge in [0, 0.05) is 44.6 Å². The molecule has 3 aliphatic rings. The number of fused-ring (bicyclic) bond motifs is 8. The van der Waals surface area contributed by atoms with E-state index in [1.54, 1.807) is 0 Å². The molecule has 276 valence electrons. The Morgan fingerprint density at radius 2 is 1.19 bits per heavy atom. The number of rotatable bonds is 5. The van der Waals surface area contributed by atoms with Crippen molar-refractivity contribution in [2.75, 3.05) is 4.90 Å². The standard InChI is InChI=1S/C55H46N2/c1-35-32-40(27-29-42(35)37-14-7-6-8-15-37)56(41-28-30-44-43-16-9-10-18-47(43)54(2,3)50(44)34-41)39-25-22-36(23-26-39)38-24-31-51-46(33-38)45-17-13-20-49-53(45)57(51)52-21-12-11-19-48(52)55(49,4)5/h6-35,42H,1-5H3. The maximum absolute atomic E-state index is 2.50.